The van der Waals surface area contributed by atoms with Gasteiger partial charge < -0.3 is 0 Å². The molecule has 0 aliphatic carbocycles. The summed E-state index contributed by atoms with van der Waals surface area (Å²) in [7, 11) is 4.23. The summed E-state index contributed by atoms with van der Waals surface area (Å²) in [6, 6.07) is 32.0. The van der Waals surface area contributed by atoms with Crippen LogP contribution in [-0.2, 0) is 4.75 Å². The van der Waals surface area contributed by atoms with Crippen LogP contribution < -0.4 is 0 Å². The average Bonchev–Trinajstić information content (AvgIpc) is 3.12. The molecule has 1 unspecified atom stereocenters. The van der Waals surface area contributed by atoms with Crippen molar-refractivity contribution in [3.05, 3.63) is 108 Å². The number of likely N-dealkylation sites (N-methyl/N-ethyl adjacent to an activating group) is 1. The van der Waals surface area contributed by atoms with Crippen LogP contribution in [0, 0.1) is 0 Å². The van der Waals surface area contributed by atoms with Crippen LogP contribution in [0.1, 0.15) is 16.7 Å². The fraction of sp³-hybridized carbons (Fsp3) is 0.174. The van der Waals surface area contributed by atoms with E-state index < -0.39 is 0 Å². The molecule has 1 atom stereocenters. The zero-order valence-electron chi connectivity index (χ0n) is 15.0. The molecule has 0 fully saturated rings. The number of hydrogen-bond donors (Lipinski definition) is 0. The highest BCUT2D eigenvalue weighted by molar-refractivity contribution is 8.15. The van der Waals surface area contributed by atoms with E-state index in [-0.39, 0.29) is 10.9 Å². The maximum absolute atomic E-state index is 5.17. The van der Waals surface area contributed by atoms with Crippen molar-refractivity contribution in [1.29, 1.82) is 0 Å². The van der Waals surface area contributed by atoms with Crippen LogP contribution in [0.4, 0.5) is 0 Å². The lowest BCUT2D eigenvalue weighted by Gasteiger charge is -2.37. The van der Waals surface area contributed by atoms with Gasteiger partial charge in [0.15, 0.2) is 0 Å². The lowest BCUT2D eigenvalue weighted by atomic mass is 9.87. The number of thioether (sulfide) groups is 1. The van der Waals surface area contributed by atoms with E-state index in [4.69, 9.17) is 4.99 Å². The molecule has 0 bridgehead atoms. The Kier molecular flexibility index (Phi) is 4.66. The van der Waals surface area contributed by atoms with Crippen molar-refractivity contribution in [3.8, 4) is 0 Å². The summed E-state index contributed by atoms with van der Waals surface area (Å²) in [6.07, 6.45) is 0.0208. The molecule has 130 valence electrons. The lowest BCUT2D eigenvalue weighted by molar-refractivity contribution is 0.267. The Morgan fingerprint density at radius 2 is 1.19 bits per heavy atom. The molecule has 3 aromatic carbocycles. The van der Waals surface area contributed by atoms with E-state index in [1.54, 1.807) is 0 Å². The summed E-state index contributed by atoms with van der Waals surface area (Å²) in [4.78, 5) is 7.39. The molecule has 3 heteroatoms. The summed E-state index contributed by atoms with van der Waals surface area (Å²) >= 11 is 1.86. The quantitative estimate of drug-likeness (QED) is 0.651. The molecule has 0 spiro atoms. The molecule has 2 nitrogen and oxygen atoms in total. The molecule has 0 amide bonds. The maximum atomic E-state index is 5.17. The molecule has 1 heterocycles. The van der Waals surface area contributed by atoms with Gasteiger partial charge in [0.2, 0.25) is 0 Å². The summed E-state index contributed by atoms with van der Waals surface area (Å²) in [5, 5.41) is 1.09. The minimum absolute atomic E-state index is 0.0208. The molecule has 0 saturated heterocycles. The number of rotatable bonds is 4. The van der Waals surface area contributed by atoms with Crippen molar-refractivity contribution in [2.24, 2.45) is 4.99 Å². The van der Waals surface area contributed by atoms with Crippen molar-refractivity contribution >= 4 is 16.8 Å². The van der Waals surface area contributed by atoms with Crippen LogP contribution in [0.25, 0.3) is 0 Å². The van der Waals surface area contributed by atoms with E-state index in [2.05, 4.69) is 110 Å². The third-order valence-corrected chi connectivity index (χ3v) is 6.31. The zero-order valence-corrected chi connectivity index (χ0v) is 15.9. The first kappa shape index (κ1) is 17.1. The second-order valence-electron chi connectivity index (χ2n) is 6.71. The van der Waals surface area contributed by atoms with Gasteiger partial charge in [-0.1, -0.05) is 103 Å². The van der Waals surface area contributed by atoms with Gasteiger partial charge in [-0.2, -0.15) is 0 Å². The molecule has 0 saturated carbocycles. The number of benzene rings is 3. The molecule has 1 aliphatic rings. The van der Waals surface area contributed by atoms with Gasteiger partial charge in [-0.15, -0.1) is 0 Å². The van der Waals surface area contributed by atoms with Gasteiger partial charge in [-0.05, 0) is 25.2 Å². The van der Waals surface area contributed by atoms with Gasteiger partial charge in [0.1, 0.15) is 16.0 Å². The van der Waals surface area contributed by atoms with Gasteiger partial charge in [-0.3, -0.25) is 9.89 Å². The van der Waals surface area contributed by atoms with E-state index in [0.717, 1.165) is 5.04 Å². The van der Waals surface area contributed by atoms with E-state index in [9.17, 15) is 0 Å². The molecule has 4 rings (SSSR count). The highest BCUT2D eigenvalue weighted by Crippen LogP contribution is 2.53. The van der Waals surface area contributed by atoms with Gasteiger partial charge in [0.05, 0.1) is 0 Å². The van der Waals surface area contributed by atoms with Gasteiger partial charge in [0.25, 0.3) is 0 Å². The molecule has 0 radical (unpaired) electrons. The molecule has 1 aliphatic heterocycles. The minimum Gasteiger partial charge on any atom is -0.286 e. The fourth-order valence-electron chi connectivity index (χ4n) is 3.58. The van der Waals surface area contributed by atoms with E-state index in [0.29, 0.717) is 0 Å². The molecular formula is C23H22N2S. The SMILES string of the molecule is CN(C)C1N=C(c2ccccc2)SC1(c1ccccc1)c1ccccc1. The maximum Gasteiger partial charge on any atom is 0.126 e. The average molecular weight is 359 g/mol. The first-order valence-electron chi connectivity index (χ1n) is 8.81. The number of hydrogen-bond acceptors (Lipinski definition) is 3. The van der Waals surface area contributed by atoms with Crippen LogP contribution in [-0.4, -0.2) is 30.2 Å². The molecular weight excluding hydrogens is 336 g/mol. The van der Waals surface area contributed by atoms with Crippen LogP contribution >= 0.6 is 11.8 Å². The Balaban J connectivity index is 1.91. The highest BCUT2D eigenvalue weighted by Gasteiger charge is 2.49. The predicted octanol–water partition coefficient (Wildman–Crippen LogP) is 5.01. The standard InChI is InChI=1S/C23H22N2S/c1-25(2)22-23(19-14-8-4-9-15-19,20-16-10-5-11-17-20)26-21(24-22)18-12-6-3-7-13-18/h3-17,22H,1-2H3. The van der Waals surface area contributed by atoms with Crippen molar-refractivity contribution < 1.29 is 0 Å². The third kappa shape index (κ3) is 2.87. The number of aliphatic imine (C=N–C) groups is 1. The van der Waals surface area contributed by atoms with Crippen LogP contribution in [0.3, 0.4) is 0 Å². The predicted molar refractivity (Wildman–Crippen MR) is 112 cm³/mol. The van der Waals surface area contributed by atoms with Crippen molar-refractivity contribution in [2.75, 3.05) is 14.1 Å². The van der Waals surface area contributed by atoms with Gasteiger partial charge in [-0.25, -0.2) is 0 Å². The largest absolute Gasteiger partial charge is 0.286 e. The summed E-state index contributed by atoms with van der Waals surface area (Å²) in [5.41, 5.74) is 3.74. The van der Waals surface area contributed by atoms with Crippen molar-refractivity contribution in [3.63, 3.8) is 0 Å². The second kappa shape index (κ2) is 7.10. The van der Waals surface area contributed by atoms with Crippen molar-refractivity contribution in [2.45, 2.75) is 10.9 Å². The Morgan fingerprint density at radius 1 is 0.731 bits per heavy atom. The van der Waals surface area contributed by atoms with E-state index >= 15 is 0 Å². The Labute approximate surface area is 159 Å². The number of nitrogens with zero attached hydrogens (tertiary/aromatic N) is 2. The van der Waals surface area contributed by atoms with Crippen LogP contribution in [0.5, 0.6) is 0 Å². The highest BCUT2D eigenvalue weighted by atomic mass is 32.2. The Hall–Kier alpha value is -2.36. The summed E-state index contributed by atoms with van der Waals surface area (Å²) < 4.78 is -0.267. The van der Waals surface area contributed by atoms with Gasteiger partial charge in [0, 0.05) is 5.56 Å². The first-order chi connectivity index (χ1) is 12.7. The molecule has 0 aromatic heterocycles. The molecule has 3 aromatic rings. The van der Waals surface area contributed by atoms with E-state index in [1.807, 2.05) is 11.8 Å². The minimum atomic E-state index is -0.267. The molecule has 0 N–H and O–H groups in total. The smallest absolute Gasteiger partial charge is 0.126 e. The lowest BCUT2D eigenvalue weighted by Crippen LogP contribution is -2.43. The zero-order chi connectivity index (χ0) is 18.0. The summed E-state index contributed by atoms with van der Waals surface area (Å²) in [6.45, 7) is 0. The third-order valence-electron chi connectivity index (χ3n) is 4.78. The van der Waals surface area contributed by atoms with E-state index in [1.165, 1.54) is 16.7 Å². The normalized spacial score (nSPS) is 18.7. The fourth-order valence-corrected chi connectivity index (χ4v) is 5.17. The van der Waals surface area contributed by atoms with Crippen LogP contribution in [0.15, 0.2) is 96.0 Å². The van der Waals surface area contributed by atoms with Gasteiger partial charge >= 0.3 is 0 Å². The Bertz CT molecular complexity index is 850. The second-order valence-corrected chi connectivity index (χ2v) is 7.94. The first-order valence-corrected chi connectivity index (χ1v) is 9.63. The van der Waals surface area contributed by atoms with Crippen LogP contribution in [0.2, 0.25) is 0 Å². The molecule has 26 heavy (non-hydrogen) atoms. The monoisotopic (exact) mass is 358 g/mol. The topological polar surface area (TPSA) is 15.6 Å². The van der Waals surface area contributed by atoms with Crippen molar-refractivity contribution in [1.82, 2.24) is 4.90 Å². The summed E-state index contributed by atoms with van der Waals surface area (Å²) in [5.74, 6) is 0. The Morgan fingerprint density at radius 3 is 1.65 bits per heavy atom.